The lowest BCUT2D eigenvalue weighted by Crippen LogP contribution is -2.48. The predicted octanol–water partition coefficient (Wildman–Crippen LogP) is 0.940. The minimum Gasteiger partial charge on any atom is -0.378 e. The van der Waals surface area contributed by atoms with Crippen LogP contribution in [0.3, 0.4) is 0 Å². The molecule has 0 heterocycles. The third kappa shape index (κ3) is 3.81. The Morgan fingerprint density at radius 3 is 2.67 bits per heavy atom. The molecule has 0 spiro atoms. The van der Waals surface area contributed by atoms with Gasteiger partial charge in [0, 0.05) is 12.6 Å². The Morgan fingerprint density at radius 1 is 1.43 bits per heavy atom. The van der Waals surface area contributed by atoms with Gasteiger partial charge >= 0.3 is 0 Å². The second-order valence-corrected chi connectivity index (χ2v) is 6.79. The molecule has 1 aromatic rings. The van der Waals surface area contributed by atoms with Crippen molar-refractivity contribution in [2.24, 2.45) is 5.14 Å². The largest absolute Gasteiger partial charge is 0.378 e. The molecule has 0 aliphatic heterocycles. The molecule has 1 aliphatic carbocycles. The zero-order valence-electron chi connectivity index (χ0n) is 12.1. The summed E-state index contributed by atoms with van der Waals surface area (Å²) in [7, 11) is -3.92. The summed E-state index contributed by atoms with van der Waals surface area (Å²) in [4.78, 5) is 12.1. The van der Waals surface area contributed by atoms with E-state index in [4.69, 9.17) is 9.88 Å². The fourth-order valence-electron chi connectivity index (χ4n) is 2.39. The topological polar surface area (TPSA) is 98.5 Å². The molecule has 116 valence electrons. The van der Waals surface area contributed by atoms with Crippen LogP contribution < -0.4 is 10.5 Å². The van der Waals surface area contributed by atoms with E-state index in [1.807, 2.05) is 6.92 Å². The maximum atomic E-state index is 12.3. The molecule has 1 aromatic carbocycles. The second-order valence-electron chi connectivity index (χ2n) is 5.26. The number of amides is 1. The molecule has 1 aliphatic rings. The van der Waals surface area contributed by atoms with Gasteiger partial charge in [-0.25, -0.2) is 13.6 Å². The van der Waals surface area contributed by atoms with E-state index in [0.717, 1.165) is 18.4 Å². The number of hydrogen-bond donors (Lipinski definition) is 2. The average Bonchev–Trinajstić information content (AvgIpc) is 2.34. The number of rotatable bonds is 5. The summed E-state index contributed by atoms with van der Waals surface area (Å²) in [5.74, 6) is -0.414. The van der Waals surface area contributed by atoms with Crippen LogP contribution >= 0.6 is 0 Å². The van der Waals surface area contributed by atoms with Crippen LogP contribution in [0.1, 0.15) is 35.7 Å². The highest BCUT2D eigenvalue weighted by molar-refractivity contribution is 7.89. The molecule has 0 aromatic heterocycles. The number of benzene rings is 1. The lowest BCUT2D eigenvalue weighted by molar-refractivity contribution is -0.00865. The molecule has 6 nitrogen and oxygen atoms in total. The van der Waals surface area contributed by atoms with Crippen molar-refractivity contribution in [2.45, 2.75) is 43.7 Å². The molecular formula is C14H20N2O4S. The molecule has 3 N–H and O–H groups in total. The van der Waals surface area contributed by atoms with Crippen molar-refractivity contribution < 1.29 is 17.9 Å². The lowest BCUT2D eigenvalue weighted by Gasteiger charge is -2.35. The molecule has 7 heteroatoms. The number of primary sulfonamides is 1. The number of sulfonamides is 1. The SMILES string of the molecule is CCOC1CC(NC(=O)c2cc(C)ccc2S(N)(=O)=O)C1. The van der Waals surface area contributed by atoms with Crippen molar-refractivity contribution in [1.29, 1.82) is 0 Å². The number of aryl methyl sites for hydroxylation is 1. The normalized spacial score (nSPS) is 21.7. The van der Waals surface area contributed by atoms with Gasteiger partial charge in [0.2, 0.25) is 10.0 Å². The molecule has 0 bridgehead atoms. The number of ether oxygens (including phenoxy) is 1. The van der Waals surface area contributed by atoms with Crippen LogP contribution in [-0.2, 0) is 14.8 Å². The van der Waals surface area contributed by atoms with Crippen LogP contribution in [0, 0.1) is 6.92 Å². The summed E-state index contributed by atoms with van der Waals surface area (Å²) in [6.07, 6.45) is 1.67. The van der Waals surface area contributed by atoms with Gasteiger partial charge in [0.25, 0.3) is 5.91 Å². The third-order valence-corrected chi connectivity index (χ3v) is 4.49. The minimum absolute atomic E-state index is 0.0166. The highest BCUT2D eigenvalue weighted by Gasteiger charge is 2.31. The van der Waals surface area contributed by atoms with Crippen LogP contribution in [0.2, 0.25) is 0 Å². The first-order valence-electron chi connectivity index (χ1n) is 6.87. The fourth-order valence-corrected chi connectivity index (χ4v) is 3.10. The zero-order chi connectivity index (χ0) is 15.6. The standard InChI is InChI=1S/C14H20N2O4S/c1-3-20-11-7-10(8-11)16-14(17)12-6-9(2)4-5-13(12)21(15,18)19/h4-6,10-11H,3,7-8H2,1-2H3,(H,16,17)(H2,15,18,19). The van der Waals surface area contributed by atoms with Crippen LogP contribution in [0.15, 0.2) is 23.1 Å². The van der Waals surface area contributed by atoms with E-state index in [1.165, 1.54) is 12.1 Å². The molecule has 1 fully saturated rings. The Morgan fingerprint density at radius 2 is 2.10 bits per heavy atom. The summed E-state index contributed by atoms with van der Waals surface area (Å²) >= 11 is 0. The Balaban J connectivity index is 2.11. The molecule has 0 atom stereocenters. The van der Waals surface area contributed by atoms with Crippen LogP contribution in [0.5, 0.6) is 0 Å². The minimum atomic E-state index is -3.92. The Hall–Kier alpha value is -1.44. The summed E-state index contributed by atoms with van der Waals surface area (Å²) in [5.41, 5.74) is 0.894. The first-order chi connectivity index (χ1) is 9.81. The molecule has 21 heavy (non-hydrogen) atoms. The van der Waals surface area contributed by atoms with E-state index >= 15 is 0 Å². The van der Waals surface area contributed by atoms with Gasteiger partial charge in [-0.1, -0.05) is 11.6 Å². The molecule has 2 rings (SSSR count). The van der Waals surface area contributed by atoms with Gasteiger partial charge in [-0.3, -0.25) is 4.79 Å². The smallest absolute Gasteiger partial charge is 0.252 e. The van der Waals surface area contributed by atoms with Gasteiger partial charge in [0.15, 0.2) is 0 Å². The van der Waals surface area contributed by atoms with Gasteiger partial charge in [0.1, 0.15) is 0 Å². The number of carbonyl (C=O) groups excluding carboxylic acids is 1. The quantitative estimate of drug-likeness (QED) is 0.845. The molecule has 1 saturated carbocycles. The van der Waals surface area contributed by atoms with E-state index in [2.05, 4.69) is 5.32 Å². The average molecular weight is 312 g/mol. The van der Waals surface area contributed by atoms with Gasteiger partial charge in [-0.05, 0) is 38.8 Å². The van der Waals surface area contributed by atoms with E-state index in [-0.39, 0.29) is 22.6 Å². The summed E-state index contributed by atoms with van der Waals surface area (Å²) in [6, 6.07) is 4.53. The first-order valence-corrected chi connectivity index (χ1v) is 8.41. The third-order valence-electron chi connectivity index (χ3n) is 3.52. The van der Waals surface area contributed by atoms with Gasteiger partial charge in [0.05, 0.1) is 16.6 Å². The van der Waals surface area contributed by atoms with Crippen LogP contribution in [0.4, 0.5) is 0 Å². The molecule has 0 radical (unpaired) electrons. The highest BCUT2D eigenvalue weighted by Crippen LogP contribution is 2.24. The first kappa shape index (κ1) is 15.9. The number of nitrogens with two attached hydrogens (primary N) is 1. The van der Waals surface area contributed by atoms with Crippen molar-refractivity contribution in [3.63, 3.8) is 0 Å². The Kier molecular flexibility index (Phi) is 4.65. The number of nitrogens with one attached hydrogen (secondary N) is 1. The predicted molar refractivity (Wildman–Crippen MR) is 78.5 cm³/mol. The van der Waals surface area contributed by atoms with E-state index in [1.54, 1.807) is 13.0 Å². The lowest BCUT2D eigenvalue weighted by atomic mass is 9.89. The second kappa shape index (κ2) is 6.13. The van der Waals surface area contributed by atoms with Crippen molar-refractivity contribution >= 4 is 15.9 Å². The number of carbonyl (C=O) groups is 1. The van der Waals surface area contributed by atoms with Gasteiger partial charge in [-0.15, -0.1) is 0 Å². The van der Waals surface area contributed by atoms with Crippen LogP contribution in [0.25, 0.3) is 0 Å². The zero-order valence-corrected chi connectivity index (χ0v) is 12.9. The van der Waals surface area contributed by atoms with Crippen molar-refractivity contribution in [2.75, 3.05) is 6.61 Å². The fraction of sp³-hybridized carbons (Fsp3) is 0.500. The maximum Gasteiger partial charge on any atom is 0.252 e. The summed E-state index contributed by atoms with van der Waals surface area (Å²) in [6.45, 7) is 4.37. The molecule has 0 saturated heterocycles. The Labute approximate surface area is 124 Å². The molecule has 0 unspecified atom stereocenters. The summed E-state index contributed by atoms with van der Waals surface area (Å²) in [5, 5.41) is 7.98. The van der Waals surface area contributed by atoms with E-state index in [0.29, 0.717) is 6.61 Å². The van der Waals surface area contributed by atoms with Gasteiger partial charge in [-0.2, -0.15) is 0 Å². The van der Waals surface area contributed by atoms with Crippen molar-refractivity contribution in [1.82, 2.24) is 5.32 Å². The summed E-state index contributed by atoms with van der Waals surface area (Å²) < 4.78 is 28.5. The van der Waals surface area contributed by atoms with Crippen LogP contribution in [-0.4, -0.2) is 33.1 Å². The monoisotopic (exact) mass is 312 g/mol. The molecule has 1 amide bonds. The Bertz CT molecular complexity index is 636. The van der Waals surface area contributed by atoms with Crippen molar-refractivity contribution in [3.8, 4) is 0 Å². The van der Waals surface area contributed by atoms with Crippen molar-refractivity contribution in [3.05, 3.63) is 29.3 Å². The van der Waals surface area contributed by atoms with E-state index in [9.17, 15) is 13.2 Å². The maximum absolute atomic E-state index is 12.3. The van der Waals surface area contributed by atoms with E-state index < -0.39 is 15.9 Å². The number of hydrogen-bond acceptors (Lipinski definition) is 4. The van der Waals surface area contributed by atoms with Gasteiger partial charge < -0.3 is 10.1 Å². The highest BCUT2D eigenvalue weighted by atomic mass is 32.2. The molecular weight excluding hydrogens is 292 g/mol.